The maximum absolute atomic E-state index is 11.4. The molecule has 2 nitrogen and oxygen atoms in total. The summed E-state index contributed by atoms with van der Waals surface area (Å²) in [5, 5.41) is 0. The number of ketones is 1. The van der Waals surface area contributed by atoms with Crippen LogP contribution in [-0.4, -0.2) is 11.7 Å². The van der Waals surface area contributed by atoms with Gasteiger partial charge in [0.15, 0.2) is 5.78 Å². The number of alkyl halides is 1. The number of halogens is 2. The first-order valence-electron chi connectivity index (χ1n) is 3.79. The highest BCUT2D eigenvalue weighted by Crippen LogP contribution is 2.21. The summed E-state index contributed by atoms with van der Waals surface area (Å²) in [5.74, 6) is 0.386. The molecule has 0 aliphatic rings. The minimum absolute atomic E-state index is 0.0377. The molecule has 1 aromatic rings. The molecule has 0 amide bonds. The number of carbonyl (C=O) groups excluding carboxylic acids is 1. The second-order valence-corrected chi connectivity index (χ2v) is 3.83. The van der Waals surface area contributed by atoms with Gasteiger partial charge in [0.05, 0.1) is 0 Å². The van der Waals surface area contributed by atoms with Crippen molar-refractivity contribution in [2.24, 2.45) is 0 Å². The van der Waals surface area contributed by atoms with Crippen LogP contribution in [0.5, 0.6) is 0 Å². The van der Waals surface area contributed by atoms with Crippen molar-refractivity contribution >= 4 is 39.0 Å². The standard InChI is InChI=1S/C9H9BrClNO/c10-7-5-6(1-2-8(7)12)9(13)3-4-11/h1-2,5H,3-4,12H2. The second kappa shape index (κ2) is 4.63. The molecule has 0 saturated carbocycles. The van der Waals surface area contributed by atoms with Crippen molar-refractivity contribution in [2.45, 2.75) is 6.42 Å². The molecule has 0 bridgehead atoms. The lowest BCUT2D eigenvalue weighted by Gasteiger charge is -2.01. The molecule has 0 saturated heterocycles. The van der Waals surface area contributed by atoms with E-state index >= 15 is 0 Å². The number of nitrogens with two attached hydrogens (primary N) is 1. The van der Waals surface area contributed by atoms with Gasteiger partial charge in [-0.1, -0.05) is 0 Å². The smallest absolute Gasteiger partial charge is 0.164 e. The number of benzene rings is 1. The molecule has 0 aliphatic heterocycles. The SMILES string of the molecule is Nc1ccc(C(=O)CCCl)cc1Br. The summed E-state index contributed by atoms with van der Waals surface area (Å²) in [6.45, 7) is 0. The van der Waals surface area contributed by atoms with Crippen LogP contribution in [0.3, 0.4) is 0 Å². The van der Waals surface area contributed by atoms with Crippen LogP contribution in [0.15, 0.2) is 22.7 Å². The number of Topliss-reactive ketones (excluding diaryl/α,β-unsaturated/α-hetero) is 1. The Bertz CT molecular complexity index is 327. The molecule has 0 atom stereocenters. The zero-order chi connectivity index (χ0) is 9.84. The summed E-state index contributed by atoms with van der Waals surface area (Å²) in [6.07, 6.45) is 0.359. The fraction of sp³-hybridized carbons (Fsp3) is 0.222. The van der Waals surface area contributed by atoms with Gasteiger partial charge in [0.1, 0.15) is 0 Å². The lowest BCUT2D eigenvalue weighted by atomic mass is 10.1. The average molecular weight is 263 g/mol. The molecule has 0 fully saturated rings. The Hall–Kier alpha value is -0.540. The minimum atomic E-state index is 0.0377. The molecule has 4 heteroatoms. The first kappa shape index (κ1) is 10.5. The van der Waals surface area contributed by atoms with Crippen molar-refractivity contribution in [1.29, 1.82) is 0 Å². The highest BCUT2D eigenvalue weighted by molar-refractivity contribution is 9.10. The van der Waals surface area contributed by atoms with E-state index in [9.17, 15) is 4.79 Å². The van der Waals surface area contributed by atoms with E-state index in [1.165, 1.54) is 0 Å². The van der Waals surface area contributed by atoms with Gasteiger partial charge in [0, 0.05) is 28.0 Å². The fourth-order valence-corrected chi connectivity index (χ4v) is 1.48. The Morgan fingerprint density at radius 1 is 1.54 bits per heavy atom. The Kier molecular flexibility index (Phi) is 3.75. The van der Waals surface area contributed by atoms with E-state index in [1.54, 1.807) is 18.2 Å². The lowest BCUT2D eigenvalue weighted by molar-refractivity contribution is 0.0989. The van der Waals surface area contributed by atoms with Crippen LogP contribution in [0.1, 0.15) is 16.8 Å². The summed E-state index contributed by atoms with van der Waals surface area (Å²) < 4.78 is 0.743. The lowest BCUT2D eigenvalue weighted by Crippen LogP contribution is -2.00. The maximum atomic E-state index is 11.4. The van der Waals surface area contributed by atoms with E-state index in [0.717, 1.165) is 4.47 Å². The van der Waals surface area contributed by atoms with E-state index in [-0.39, 0.29) is 5.78 Å². The first-order chi connectivity index (χ1) is 6.15. The summed E-state index contributed by atoms with van der Waals surface area (Å²) in [7, 11) is 0. The highest BCUT2D eigenvalue weighted by Gasteiger charge is 2.06. The molecule has 0 radical (unpaired) electrons. The third-order valence-corrected chi connectivity index (χ3v) is 2.52. The van der Waals surface area contributed by atoms with Gasteiger partial charge in [-0.05, 0) is 34.1 Å². The third kappa shape index (κ3) is 2.71. The molecule has 0 aromatic heterocycles. The number of carbonyl (C=O) groups is 1. The Labute approximate surface area is 90.2 Å². The van der Waals surface area contributed by atoms with Crippen molar-refractivity contribution in [3.63, 3.8) is 0 Å². The molecular weight excluding hydrogens is 253 g/mol. The predicted octanol–water partition coefficient (Wildman–Crippen LogP) is 2.84. The van der Waals surface area contributed by atoms with Crippen molar-refractivity contribution in [1.82, 2.24) is 0 Å². The van der Waals surface area contributed by atoms with Crippen LogP contribution in [0.25, 0.3) is 0 Å². The topological polar surface area (TPSA) is 43.1 Å². The van der Waals surface area contributed by atoms with Crippen LogP contribution in [-0.2, 0) is 0 Å². The number of hydrogen-bond donors (Lipinski definition) is 1. The molecular formula is C9H9BrClNO. The summed E-state index contributed by atoms with van der Waals surface area (Å²) in [5.41, 5.74) is 6.85. The van der Waals surface area contributed by atoms with Gasteiger partial charge in [-0.15, -0.1) is 11.6 Å². The summed E-state index contributed by atoms with van der Waals surface area (Å²) >= 11 is 8.72. The van der Waals surface area contributed by atoms with E-state index in [0.29, 0.717) is 23.6 Å². The van der Waals surface area contributed by atoms with Gasteiger partial charge in [0.25, 0.3) is 0 Å². The Morgan fingerprint density at radius 2 is 2.23 bits per heavy atom. The van der Waals surface area contributed by atoms with Crippen LogP contribution in [0.4, 0.5) is 5.69 Å². The van der Waals surface area contributed by atoms with Gasteiger partial charge in [0.2, 0.25) is 0 Å². The van der Waals surface area contributed by atoms with Crippen molar-refractivity contribution in [2.75, 3.05) is 11.6 Å². The summed E-state index contributed by atoms with van der Waals surface area (Å²) in [6, 6.07) is 5.12. The molecule has 70 valence electrons. The fourth-order valence-electron chi connectivity index (χ4n) is 0.931. The number of anilines is 1. The molecule has 0 unspecified atom stereocenters. The van der Waals surface area contributed by atoms with Crippen molar-refractivity contribution < 1.29 is 4.79 Å². The molecule has 1 aromatic carbocycles. The number of hydrogen-bond acceptors (Lipinski definition) is 2. The maximum Gasteiger partial charge on any atom is 0.164 e. The Balaban J connectivity index is 2.90. The average Bonchev–Trinajstić information content (AvgIpc) is 2.10. The van der Waals surface area contributed by atoms with Crippen molar-refractivity contribution in [3.05, 3.63) is 28.2 Å². The number of rotatable bonds is 3. The molecule has 0 spiro atoms. The quantitative estimate of drug-likeness (QED) is 0.517. The van der Waals surface area contributed by atoms with Gasteiger partial charge in [-0.2, -0.15) is 0 Å². The normalized spacial score (nSPS) is 10.0. The zero-order valence-corrected chi connectivity index (χ0v) is 9.23. The van der Waals surface area contributed by atoms with Crippen LogP contribution in [0.2, 0.25) is 0 Å². The minimum Gasteiger partial charge on any atom is -0.398 e. The molecule has 0 aliphatic carbocycles. The first-order valence-corrected chi connectivity index (χ1v) is 5.12. The predicted molar refractivity (Wildman–Crippen MR) is 58.2 cm³/mol. The largest absolute Gasteiger partial charge is 0.398 e. The van der Waals surface area contributed by atoms with Gasteiger partial charge in [-0.3, -0.25) is 4.79 Å². The van der Waals surface area contributed by atoms with E-state index in [1.807, 2.05) is 0 Å². The highest BCUT2D eigenvalue weighted by atomic mass is 79.9. The van der Waals surface area contributed by atoms with Crippen molar-refractivity contribution in [3.8, 4) is 0 Å². The molecule has 1 rings (SSSR count). The molecule has 0 heterocycles. The van der Waals surface area contributed by atoms with Crippen LogP contribution in [0, 0.1) is 0 Å². The van der Waals surface area contributed by atoms with Crippen LogP contribution < -0.4 is 5.73 Å². The van der Waals surface area contributed by atoms with Gasteiger partial charge >= 0.3 is 0 Å². The van der Waals surface area contributed by atoms with E-state index in [4.69, 9.17) is 17.3 Å². The Morgan fingerprint density at radius 3 is 2.77 bits per heavy atom. The van der Waals surface area contributed by atoms with Crippen LogP contribution >= 0.6 is 27.5 Å². The van der Waals surface area contributed by atoms with Gasteiger partial charge in [-0.25, -0.2) is 0 Å². The van der Waals surface area contributed by atoms with E-state index < -0.39 is 0 Å². The van der Waals surface area contributed by atoms with E-state index in [2.05, 4.69) is 15.9 Å². The molecule has 2 N–H and O–H groups in total. The second-order valence-electron chi connectivity index (χ2n) is 2.60. The zero-order valence-electron chi connectivity index (χ0n) is 6.89. The third-order valence-electron chi connectivity index (χ3n) is 1.64. The number of nitrogen functional groups attached to an aromatic ring is 1. The van der Waals surface area contributed by atoms with Gasteiger partial charge < -0.3 is 5.73 Å². The summed E-state index contributed by atoms with van der Waals surface area (Å²) in [4.78, 5) is 11.4. The monoisotopic (exact) mass is 261 g/mol. The molecule has 13 heavy (non-hydrogen) atoms.